The van der Waals surface area contributed by atoms with E-state index in [1.807, 2.05) is 0 Å². The van der Waals surface area contributed by atoms with Crippen LogP contribution in [0.1, 0.15) is 29.6 Å². The van der Waals surface area contributed by atoms with Crippen molar-refractivity contribution in [3.63, 3.8) is 0 Å². The number of nitrogens with zero attached hydrogens (tertiary/aromatic N) is 1. The van der Waals surface area contributed by atoms with Crippen LogP contribution in [0, 0.1) is 0 Å². The highest BCUT2D eigenvalue weighted by molar-refractivity contribution is 6.39. The van der Waals surface area contributed by atoms with Crippen molar-refractivity contribution in [1.29, 1.82) is 0 Å². The predicted octanol–water partition coefficient (Wildman–Crippen LogP) is 3.22. The lowest BCUT2D eigenvalue weighted by Crippen LogP contribution is -2.37. The molecule has 0 bridgehead atoms. The minimum Gasteiger partial charge on any atom is -0.396 e. The minimum atomic E-state index is -0.136. The van der Waals surface area contributed by atoms with Crippen molar-refractivity contribution in [2.75, 3.05) is 25.9 Å². The molecule has 1 fully saturated rings. The third-order valence-corrected chi connectivity index (χ3v) is 4.05. The summed E-state index contributed by atoms with van der Waals surface area (Å²) in [5.41, 5.74) is 6.40. The van der Waals surface area contributed by atoms with Gasteiger partial charge < -0.3 is 15.4 Å². The molecule has 1 aromatic rings. The van der Waals surface area contributed by atoms with E-state index >= 15 is 0 Å². The molecule has 1 aromatic carbocycles. The first-order valence-corrected chi connectivity index (χ1v) is 7.36. The summed E-state index contributed by atoms with van der Waals surface area (Å²) >= 11 is 11.9. The van der Waals surface area contributed by atoms with Crippen LogP contribution in [0.4, 0.5) is 5.69 Å². The maximum absolute atomic E-state index is 12.3. The maximum atomic E-state index is 12.3. The van der Waals surface area contributed by atoms with Crippen LogP contribution in [0.25, 0.3) is 0 Å². The summed E-state index contributed by atoms with van der Waals surface area (Å²) in [5.74, 6) is -0.136. The molecular formula is C14H18Cl2N2O2. The Balaban J connectivity index is 2.06. The molecule has 1 unspecified atom stereocenters. The Hall–Kier alpha value is -0.970. The van der Waals surface area contributed by atoms with Gasteiger partial charge in [0.2, 0.25) is 0 Å². The smallest absolute Gasteiger partial charge is 0.253 e. The van der Waals surface area contributed by atoms with Crippen molar-refractivity contribution in [3.05, 3.63) is 27.7 Å². The van der Waals surface area contributed by atoms with Gasteiger partial charge in [0.05, 0.1) is 21.8 Å². The van der Waals surface area contributed by atoms with Gasteiger partial charge >= 0.3 is 0 Å². The number of carbonyl (C=O) groups is 1. The summed E-state index contributed by atoms with van der Waals surface area (Å²) in [7, 11) is 1.75. The van der Waals surface area contributed by atoms with Crippen molar-refractivity contribution >= 4 is 34.8 Å². The summed E-state index contributed by atoms with van der Waals surface area (Å²) < 4.78 is 5.64. The largest absolute Gasteiger partial charge is 0.396 e. The van der Waals surface area contributed by atoms with Gasteiger partial charge in [0.25, 0.3) is 5.91 Å². The molecule has 1 saturated heterocycles. The highest BCUT2D eigenvalue weighted by Gasteiger charge is 2.20. The first-order chi connectivity index (χ1) is 9.49. The number of likely N-dealkylation sites (N-methyl/N-ethyl adjacent to an activating group) is 1. The zero-order valence-electron chi connectivity index (χ0n) is 11.4. The van der Waals surface area contributed by atoms with Crippen LogP contribution >= 0.6 is 23.2 Å². The number of amides is 1. The van der Waals surface area contributed by atoms with E-state index in [-0.39, 0.29) is 12.0 Å². The van der Waals surface area contributed by atoms with E-state index < -0.39 is 0 Å². The fraction of sp³-hybridized carbons (Fsp3) is 0.500. The van der Waals surface area contributed by atoms with Gasteiger partial charge in [-0.05, 0) is 31.4 Å². The quantitative estimate of drug-likeness (QED) is 0.871. The molecule has 1 aliphatic heterocycles. The Bertz CT molecular complexity index is 479. The number of hydrogen-bond donors (Lipinski definition) is 1. The van der Waals surface area contributed by atoms with Gasteiger partial charge in [-0.3, -0.25) is 4.79 Å². The predicted molar refractivity (Wildman–Crippen MR) is 81.4 cm³/mol. The fourth-order valence-electron chi connectivity index (χ4n) is 2.27. The minimum absolute atomic E-state index is 0.109. The van der Waals surface area contributed by atoms with Crippen molar-refractivity contribution in [3.8, 4) is 0 Å². The van der Waals surface area contributed by atoms with E-state index in [1.54, 1.807) is 24.1 Å². The van der Waals surface area contributed by atoms with E-state index in [0.29, 0.717) is 27.8 Å². The van der Waals surface area contributed by atoms with E-state index in [2.05, 4.69) is 0 Å². The second-order valence-corrected chi connectivity index (χ2v) is 5.84. The molecule has 2 N–H and O–H groups in total. The number of anilines is 1. The summed E-state index contributed by atoms with van der Waals surface area (Å²) in [6, 6.07) is 3.09. The van der Waals surface area contributed by atoms with Crippen molar-refractivity contribution in [2.45, 2.75) is 25.4 Å². The Morgan fingerprint density at radius 1 is 1.40 bits per heavy atom. The zero-order valence-corrected chi connectivity index (χ0v) is 12.9. The number of nitrogens with two attached hydrogens (primary N) is 1. The molecule has 1 atom stereocenters. The molecule has 20 heavy (non-hydrogen) atoms. The molecule has 4 nitrogen and oxygen atoms in total. The standard InChI is InChI=1S/C14H18Cl2N2O2/c1-18(8-10-4-2-3-5-20-10)14(19)9-6-11(15)13(17)12(16)7-9/h6-7,10H,2-5,8,17H2,1H3. The van der Waals surface area contributed by atoms with Gasteiger partial charge in [-0.2, -0.15) is 0 Å². The lowest BCUT2D eigenvalue weighted by Gasteiger charge is -2.27. The molecule has 0 radical (unpaired) electrons. The average molecular weight is 317 g/mol. The summed E-state index contributed by atoms with van der Waals surface area (Å²) in [6.07, 6.45) is 3.34. The Morgan fingerprint density at radius 2 is 2.05 bits per heavy atom. The topological polar surface area (TPSA) is 55.6 Å². The SMILES string of the molecule is CN(CC1CCCCO1)C(=O)c1cc(Cl)c(N)c(Cl)c1. The summed E-state index contributed by atoms with van der Waals surface area (Å²) in [6.45, 7) is 1.34. The Labute approximate surface area is 128 Å². The van der Waals surface area contributed by atoms with Crippen LogP contribution in [-0.4, -0.2) is 37.1 Å². The van der Waals surface area contributed by atoms with Crippen molar-refractivity contribution in [1.82, 2.24) is 4.90 Å². The number of nitrogen functional groups attached to an aromatic ring is 1. The third kappa shape index (κ3) is 3.57. The first-order valence-electron chi connectivity index (χ1n) is 6.60. The molecule has 1 heterocycles. The molecule has 6 heteroatoms. The lowest BCUT2D eigenvalue weighted by atomic mass is 10.1. The van der Waals surface area contributed by atoms with Crippen LogP contribution in [-0.2, 0) is 4.74 Å². The molecular weight excluding hydrogens is 299 g/mol. The summed E-state index contributed by atoms with van der Waals surface area (Å²) in [4.78, 5) is 14.0. The molecule has 110 valence electrons. The number of rotatable bonds is 3. The summed E-state index contributed by atoms with van der Waals surface area (Å²) in [5, 5.41) is 0.589. The fourth-order valence-corrected chi connectivity index (χ4v) is 2.75. The zero-order chi connectivity index (χ0) is 14.7. The number of carbonyl (C=O) groups excluding carboxylic acids is 1. The molecule has 0 aromatic heterocycles. The first kappa shape index (κ1) is 15.4. The van der Waals surface area contributed by atoms with E-state index in [9.17, 15) is 4.79 Å². The molecule has 0 aliphatic carbocycles. The van der Waals surface area contributed by atoms with Crippen molar-refractivity contribution in [2.24, 2.45) is 0 Å². The Kier molecular flexibility index (Phi) is 5.13. The lowest BCUT2D eigenvalue weighted by molar-refractivity contribution is -0.000186. The van der Waals surface area contributed by atoms with Crippen LogP contribution in [0.15, 0.2) is 12.1 Å². The average Bonchev–Trinajstić information content (AvgIpc) is 2.44. The van der Waals surface area contributed by atoms with Crippen LogP contribution in [0.2, 0.25) is 10.0 Å². The monoisotopic (exact) mass is 316 g/mol. The van der Waals surface area contributed by atoms with Gasteiger partial charge in [-0.1, -0.05) is 23.2 Å². The van der Waals surface area contributed by atoms with Gasteiger partial charge in [0.15, 0.2) is 0 Å². The van der Waals surface area contributed by atoms with E-state index in [1.165, 1.54) is 0 Å². The molecule has 2 rings (SSSR count). The second kappa shape index (κ2) is 6.66. The van der Waals surface area contributed by atoms with Gasteiger partial charge in [-0.25, -0.2) is 0 Å². The van der Waals surface area contributed by atoms with E-state index in [0.717, 1.165) is 25.9 Å². The molecule has 0 saturated carbocycles. The molecule has 1 amide bonds. The highest BCUT2D eigenvalue weighted by Crippen LogP contribution is 2.29. The van der Waals surface area contributed by atoms with Gasteiger partial charge in [0, 0.05) is 25.8 Å². The number of benzene rings is 1. The maximum Gasteiger partial charge on any atom is 0.253 e. The number of halogens is 2. The van der Waals surface area contributed by atoms with Crippen LogP contribution < -0.4 is 5.73 Å². The third-order valence-electron chi connectivity index (χ3n) is 3.42. The van der Waals surface area contributed by atoms with Crippen molar-refractivity contribution < 1.29 is 9.53 Å². The van der Waals surface area contributed by atoms with Gasteiger partial charge in [-0.15, -0.1) is 0 Å². The highest BCUT2D eigenvalue weighted by atomic mass is 35.5. The molecule has 0 spiro atoms. The van der Waals surface area contributed by atoms with Gasteiger partial charge in [0.1, 0.15) is 0 Å². The number of ether oxygens (including phenoxy) is 1. The second-order valence-electron chi connectivity index (χ2n) is 5.03. The van der Waals surface area contributed by atoms with E-state index in [4.69, 9.17) is 33.7 Å². The Morgan fingerprint density at radius 3 is 2.60 bits per heavy atom. The van der Waals surface area contributed by atoms with Crippen LogP contribution in [0.3, 0.4) is 0 Å². The van der Waals surface area contributed by atoms with Crippen LogP contribution in [0.5, 0.6) is 0 Å². The number of hydrogen-bond acceptors (Lipinski definition) is 3. The molecule has 1 aliphatic rings. The normalized spacial score (nSPS) is 18.9.